The van der Waals surface area contributed by atoms with Crippen LogP contribution in [0.4, 0.5) is 0 Å². The first-order valence-corrected chi connectivity index (χ1v) is 7.92. The summed E-state index contributed by atoms with van der Waals surface area (Å²) in [4.78, 5) is 10.5. The van der Waals surface area contributed by atoms with Crippen LogP contribution in [-0.4, -0.2) is 12.6 Å². The average Bonchev–Trinajstić information content (AvgIpc) is 2.00. The summed E-state index contributed by atoms with van der Waals surface area (Å²) in [5, 5.41) is -0.260. The van der Waals surface area contributed by atoms with Crippen LogP contribution in [-0.2, 0) is 4.79 Å². The van der Waals surface area contributed by atoms with E-state index in [0.717, 1.165) is 18.1 Å². The fraction of sp³-hybridized carbons (Fsp3) is 0.857. The molecule has 0 aliphatic heterocycles. The van der Waals surface area contributed by atoms with Gasteiger partial charge in [0, 0.05) is 6.42 Å². The topological polar surface area (TPSA) is 17.1 Å². The standard InChI is InChI=1S/C7H14Cl2OSi/c1-3-11(9,4-2)6-5-7(8)10/h3-6H2,1-2H3. The van der Waals surface area contributed by atoms with Gasteiger partial charge in [-0.15, -0.1) is 0 Å². The Bertz CT molecular complexity index is 134. The molecular weight excluding hydrogens is 199 g/mol. The van der Waals surface area contributed by atoms with E-state index in [4.69, 9.17) is 22.7 Å². The van der Waals surface area contributed by atoms with Gasteiger partial charge in [-0.1, -0.05) is 13.8 Å². The fourth-order valence-corrected chi connectivity index (χ4v) is 3.34. The fourth-order valence-electron chi connectivity index (χ4n) is 0.926. The first-order valence-electron chi connectivity index (χ1n) is 3.91. The van der Waals surface area contributed by atoms with E-state index in [2.05, 4.69) is 13.8 Å². The molecule has 0 saturated carbocycles. The second kappa shape index (κ2) is 5.17. The maximum atomic E-state index is 10.5. The third-order valence-electron chi connectivity index (χ3n) is 2.04. The Morgan fingerprint density at radius 1 is 1.36 bits per heavy atom. The minimum Gasteiger partial charge on any atom is -0.281 e. The van der Waals surface area contributed by atoms with Crippen molar-refractivity contribution < 1.29 is 4.79 Å². The molecule has 0 aromatic carbocycles. The van der Waals surface area contributed by atoms with Crippen molar-refractivity contribution in [3.8, 4) is 0 Å². The number of carbonyl (C=O) groups is 1. The molecule has 0 aromatic rings. The highest BCUT2D eigenvalue weighted by Gasteiger charge is 2.26. The van der Waals surface area contributed by atoms with Gasteiger partial charge in [-0.3, -0.25) is 4.79 Å². The molecule has 0 bridgehead atoms. The van der Waals surface area contributed by atoms with E-state index in [9.17, 15) is 4.79 Å². The van der Waals surface area contributed by atoms with Gasteiger partial charge in [0.25, 0.3) is 0 Å². The Balaban J connectivity index is 3.78. The molecule has 1 nitrogen and oxygen atoms in total. The predicted molar refractivity (Wildman–Crippen MR) is 52.9 cm³/mol. The quantitative estimate of drug-likeness (QED) is 0.388. The Hall–Kier alpha value is 0.467. The largest absolute Gasteiger partial charge is 0.281 e. The molecule has 11 heavy (non-hydrogen) atoms. The highest BCUT2D eigenvalue weighted by Crippen LogP contribution is 2.26. The van der Waals surface area contributed by atoms with Gasteiger partial charge in [-0.25, -0.2) is 0 Å². The van der Waals surface area contributed by atoms with Gasteiger partial charge in [0.15, 0.2) is 7.38 Å². The lowest BCUT2D eigenvalue weighted by atomic mass is 10.5. The van der Waals surface area contributed by atoms with Crippen LogP contribution in [0, 0.1) is 0 Å². The van der Waals surface area contributed by atoms with Gasteiger partial charge >= 0.3 is 0 Å². The minimum absolute atomic E-state index is 0.260. The monoisotopic (exact) mass is 212 g/mol. The first-order chi connectivity index (χ1) is 5.04. The average molecular weight is 213 g/mol. The molecule has 4 heteroatoms. The minimum atomic E-state index is -1.59. The molecule has 0 fully saturated rings. The van der Waals surface area contributed by atoms with E-state index in [0.29, 0.717) is 6.42 Å². The Labute approximate surface area is 78.8 Å². The Morgan fingerprint density at radius 3 is 2.09 bits per heavy atom. The second-order valence-electron chi connectivity index (χ2n) is 2.71. The summed E-state index contributed by atoms with van der Waals surface area (Å²) in [6.45, 7) is 4.17. The highest BCUT2D eigenvalue weighted by atomic mass is 35.6. The van der Waals surface area contributed by atoms with Crippen LogP contribution in [0.5, 0.6) is 0 Å². The van der Waals surface area contributed by atoms with Crippen molar-refractivity contribution in [2.24, 2.45) is 0 Å². The van der Waals surface area contributed by atoms with Gasteiger partial charge in [-0.05, 0) is 29.7 Å². The highest BCUT2D eigenvalue weighted by molar-refractivity contribution is 7.20. The van der Waals surface area contributed by atoms with Crippen molar-refractivity contribution >= 4 is 35.3 Å². The van der Waals surface area contributed by atoms with Crippen molar-refractivity contribution in [2.75, 3.05) is 0 Å². The molecule has 0 aliphatic rings. The number of halogens is 2. The Morgan fingerprint density at radius 2 is 1.82 bits per heavy atom. The first kappa shape index (κ1) is 11.5. The summed E-state index contributed by atoms with van der Waals surface area (Å²) in [5.41, 5.74) is 0. The number of hydrogen-bond acceptors (Lipinski definition) is 1. The molecule has 0 atom stereocenters. The number of carbonyl (C=O) groups excluding carboxylic acids is 1. The van der Waals surface area contributed by atoms with Crippen LogP contribution in [0.2, 0.25) is 18.1 Å². The van der Waals surface area contributed by atoms with Crippen LogP contribution in [0.25, 0.3) is 0 Å². The predicted octanol–water partition coefficient (Wildman–Crippen LogP) is 3.37. The lowest BCUT2D eigenvalue weighted by Crippen LogP contribution is -2.24. The SMILES string of the molecule is CC[Si](Cl)(CC)CCC(=O)Cl. The molecule has 0 rings (SSSR count). The number of hydrogen-bond donors (Lipinski definition) is 0. The molecule has 0 aromatic heterocycles. The van der Waals surface area contributed by atoms with E-state index in [-0.39, 0.29) is 5.24 Å². The van der Waals surface area contributed by atoms with Crippen molar-refractivity contribution in [1.29, 1.82) is 0 Å². The maximum absolute atomic E-state index is 10.5. The van der Waals surface area contributed by atoms with Gasteiger partial charge in [0.2, 0.25) is 5.24 Å². The van der Waals surface area contributed by atoms with Crippen molar-refractivity contribution in [3.63, 3.8) is 0 Å². The van der Waals surface area contributed by atoms with E-state index >= 15 is 0 Å². The van der Waals surface area contributed by atoms with Gasteiger partial charge in [-0.2, -0.15) is 11.1 Å². The molecular formula is C7H14Cl2OSi. The maximum Gasteiger partial charge on any atom is 0.221 e. The van der Waals surface area contributed by atoms with Crippen molar-refractivity contribution in [2.45, 2.75) is 38.4 Å². The second-order valence-corrected chi connectivity index (χ2v) is 9.76. The lowest BCUT2D eigenvalue weighted by Gasteiger charge is -2.19. The summed E-state index contributed by atoms with van der Waals surface area (Å²) >= 11 is 11.5. The smallest absolute Gasteiger partial charge is 0.221 e. The zero-order chi connectivity index (χ0) is 8.91. The van der Waals surface area contributed by atoms with Crippen LogP contribution in [0.1, 0.15) is 20.3 Å². The van der Waals surface area contributed by atoms with Gasteiger partial charge in [0.05, 0.1) is 0 Å². The van der Waals surface area contributed by atoms with Crippen molar-refractivity contribution in [1.82, 2.24) is 0 Å². The lowest BCUT2D eigenvalue weighted by molar-refractivity contribution is -0.111. The normalized spacial score (nSPS) is 11.6. The van der Waals surface area contributed by atoms with Crippen LogP contribution < -0.4 is 0 Å². The van der Waals surface area contributed by atoms with E-state index in [1.807, 2.05) is 0 Å². The molecule has 0 spiro atoms. The van der Waals surface area contributed by atoms with Crippen LogP contribution in [0.15, 0.2) is 0 Å². The molecule has 0 heterocycles. The molecule has 0 N–H and O–H groups in total. The molecule has 0 radical (unpaired) electrons. The third-order valence-corrected chi connectivity index (χ3v) is 8.08. The van der Waals surface area contributed by atoms with Crippen LogP contribution >= 0.6 is 22.7 Å². The molecule has 0 unspecified atom stereocenters. The van der Waals surface area contributed by atoms with E-state index in [1.54, 1.807) is 0 Å². The summed E-state index contributed by atoms with van der Waals surface area (Å²) < 4.78 is 0. The molecule has 66 valence electrons. The van der Waals surface area contributed by atoms with E-state index in [1.165, 1.54) is 0 Å². The van der Waals surface area contributed by atoms with Gasteiger partial charge in [0.1, 0.15) is 0 Å². The molecule has 0 amide bonds. The summed E-state index contributed by atoms with van der Waals surface area (Å²) in [7, 11) is -1.59. The molecule has 0 aliphatic carbocycles. The summed E-state index contributed by atoms with van der Waals surface area (Å²) in [6, 6.07) is 2.87. The third kappa shape index (κ3) is 4.83. The van der Waals surface area contributed by atoms with E-state index < -0.39 is 7.38 Å². The number of rotatable bonds is 5. The zero-order valence-electron chi connectivity index (χ0n) is 6.99. The van der Waals surface area contributed by atoms with Crippen LogP contribution in [0.3, 0.4) is 0 Å². The Kier molecular flexibility index (Phi) is 5.39. The summed E-state index contributed by atoms with van der Waals surface area (Å²) in [6.07, 6.45) is 0.443. The molecule has 0 saturated heterocycles. The van der Waals surface area contributed by atoms with Crippen molar-refractivity contribution in [3.05, 3.63) is 0 Å². The van der Waals surface area contributed by atoms with Gasteiger partial charge < -0.3 is 0 Å². The summed E-state index contributed by atoms with van der Waals surface area (Å²) in [5.74, 6) is 0. The zero-order valence-corrected chi connectivity index (χ0v) is 9.50.